The van der Waals surface area contributed by atoms with Crippen molar-refractivity contribution in [2.45, 2.75) is 19.5 Å². The van der Waals surface area contributed by atoms with Crippen LogP contribution in [0, 0.1) is 0 Å². The van der Waals surface area contributed by atoms with Crippen molar-refractivity contribution in [2.24, 2.45) is 10.7 Å². The van der Waals surface area contributed by atoms with Crippen molar-refractivity contribution < 1.29 is 9.47 Å². The molecule has 0 spiro atoms. The van der Waals surface area contributed by atoms with E-state index < -0.39 is 0 Å². The lowest BCUT2D eigenvalue weighted by molar-refractivity contribution is 0.294. The molecule has 2 aromatic carbocycles. The predicted molar refractivity (Wildman–Crippen MR) is 102 cm³/mol. The highest BCUT2D eigenvalue weighted by Crippen LogP contribution is 2.36. The summed E-state index contributed by atoms with van der Waals surface area (Å²) in [5.74, 6) is 2.41. The zero-order valence-electron chi connectivity index (χ0n) is 14.8. The quantitative estimate of drug-likeness (QED) is 0.737. The molecular weight excluding hydrogens is 330 g/mol. The van der Waals surface area contributed by atoms with Gasteiger partial charge in [-0.1, -0.05) is 25.1 Å². The molecular formula is C19H21N5O2. The second-order valence-corrected chi connectivity index (χ2v) is 6.07. The van der Waals surface area contributed by atoms with Gasteiger partial charge in [0.25, 0.3) is 0 Å². The molecule has 2 heterocycles. The van der Waals surface area contributed by atoms with Gasteiger partial charge in [0.1, 0.15) is 0 Å². The molecule has 134 valence electrons. The lowest BCUT2D eigenvalue weighted by atomic mass is 10.1. The molecule has 1 aliphatic heterocycles. The number of benzene rings is 2. The number of aliphatic imine (C=N–C) groups is 1. The molecule has 1 aromatic heterocycles. The molecule has 1 aliphatic rings. The minimum atomic E-state index is -0.326. The van der Waals surface area contributed by atoms with E-state index in [0.717, 1.165) is 28.8 Å². The van der Waals surface area contributed by atoms with Gasteiger partial charge in [0.2, 0.25) is 5.95 Å². The van der Waals surface area contributed by atoms with Crippen LogP contribution in [-0.2, 0) is 0 Å². The van der Waals surface area contributed by atoms with E-state index in [-0.39, 0.29) is 6.17 Å². The average molecular weight is 351 g/mol. The van der Waals surface area contributed by atoms with Crippen LogP contribution in [0.4, 0.5) is 5.95 Å². The molecule has 0 saturated carbocycles. The predicted octanol–water partition coefficient (Wildman–Crippen LogP) is 3.12. The number of para-hydroxylation sites is 2. The Morgan fingerprint density at radius 3 is 2.85 bits per heavy atom. The average Bonchev–Trinajstić information content (AvgIpc) is 3.03. The van der Waals surface area contributed by atoms with Gasteiger partial charge in [0.05, 0.1) is 24.8 Å². The minimum Gasteiger partial charge on any atom is -0.493 e. The van der Waals surface area contributed by atoms with Gasteiger partial charge in [0.15, 0.2) is 23.6 Å². The van der Waals surface area contributed by atoms with E-state index in [9.17, 15) is 0 Å². The molecule has 0 bridgehead atoms. The van der Waals surface area contributed by atoms with Crippen LogP contribution in [0.5, 0.6) is 11.5 Å². The Kier molecular flexibility index (Phi) is 4.12. The Morgan fingerprint density at radius 1 is 1.19 bits per heavy atom. The smallest absolute Gasteiger partial charge is 0.212 e. The number of ether oxygens (including phenoxy) is 2. The SMILES string of the molecule is CCCOc1ccc([C@H]2N=C(N)Nc3nc4ccccc4n32)cc1OC. The third-order valence-corrected chi connectivity index (χ3v) is 4.29. The van der Waals surface area contributed by atoms with E-state index in [1.165, 1.54) is 0 Å². The maximum Gasteiger partial charge on any atom is 0.212 e. The number of imidazole rings is 1. The summed E-state index contributed by atoms with van der Waals surface area (Å²) >= 11 is 0. The second-order valence-electron chi connectivity index (χ2n) is 6.07. The third-order valence-electron chi connectivity index (χ3n) is 4.29. The number of nitrogens with two attached hydrogens (primary N) is 1. The van der Waals surface area contributed by atoms with Crippen molar-refractivity contribution in [2.75, 3.05) is 19.0 Å². The van der Waals surface area contributed by atoms with Crippen LogP contribution in [0.25, 0.3) is 11.0 Å². The van der Waals surface area contributed by atoms with Crippen LogP contribution in [-0.4, -0.2) is 29.2 Å². The Labute approximate surface area is 151 Å². The molecule has 3 N–H and O–H groups in total. The number of rotatable bonds is 5. The monoisotopic (exact) mass is 351 g/mol. The summed E-state index contributed by atoms with van der Waals surface area (Å²) in [6.45, 7) is 2.71. The van der Waals surface area contributed by atoms with Crippen LogP contribution < -0.4 is 20.5 Å². The molecule has 7 heteroatoms. The first kappa shape index (κ1) is 16.3. The lowest BCUT2D eigenvalue weighted by Gasteiger charge is -2.24. The summed E-state index contributed by atoms with van der Waals surface area (Å²) < 4.78 is 13.3. The fourth-order valence-electron chi connectivity index (χ4n) is 3.12. The molecule has 0 aliphatic carbocycles. The molecule has 0 unspecified atom stereocenters. The molecule has 3 aromatic rings. The lowest BCUT2D eigenvalue weighted by Crippen LogP contribution is -2.31. The highest BCUT2D eigenvalue weighted by Gasteiger charge is 2.25. The number of hydrogen-bond donors (Lipinski definition) is 2. The Balaban J connectivity index is 1.81. The standard InChI is InChI=1S/C19H21N5O2/c1-3-10-26-15-9-8-12(11-16(15)25-2)17-22-18(20)23-19-21-13-6-4-5-7-14(13)24(17)19/h4-9,11,17H,3,10H2,1-2H3,(H3,20,21,22,23)/t17-/m0/s1. The van der Waals surface area contributed by atoms with E-state index in [1.54, 1.807) is 7.11 Å². The summed E-state index contributed by atoms with van der Waals surface area (Å²) in [6, 6.07) is 13.8. The van der Waals surface area contributed by atoms with Crippen LogP contribution >= 0.6 is 0 Å². The highest BCUT2D eigenvalue weighted by molar-refractivity contribution is 5.94. The van der Waals surface area contributed by atoms with E-state index in [0.29, 0.717) is 24.3 Å². The topological polar surface area (TPSA) is 86.7 Å². The summed E-state index contributed by atoms with van der Waals surface area (Å²) in [5, 5.41) is 3.04. The number of fused-ring (bicyclic) bond motifs is 3. The number of aromatic nitrogens is 2. The number of methoxy groups -OCH3 is 1. The maximum absolute atomic E-state index is 5.99. The molecule has 0 amide bonds. The fourth-order valence-corrected chi connectivity index (χ4v) is 3.12. The van der Waals surface area contributed by atoms with E-state index in [1.807, 2.05) is 47.0 Å². The van der Waals surface area contributed by atoms with Crippen molar-refractivity contribution in [1.82, 2.24) is 9.55 Å². The van der Waals surface area contributed by atoms with Crippen molar-refractivity contribution in [3.8, 4) is 11.5 Å². The van der Waals surface area contributed by atoms with Crippen LogP contribution in [0.2, 0.25) is 0 Å². The number of nitrogens with zero attached hydrogens (tertiary/aromatic N) is 3. The van der Waals surface area contributed by atoms with Gasteiger partial charge >= 0.3 is 0 Å². The summed E-state index contributed by atoms with van der Waals surface area (Å²) in [5.41, 5.74) is 8.82. The second kappa shape index (κ2) is 6.59. The minimum absolute atomic E-state index is 0.326. The zero-order valence-corrected chi connectivity index (χ0v) is 14.8. The van der Waals surface area contributed by atoms with Crippen LogP contribution in [0.3, 0.4) is 0 Å². The maximum atomic E-state index is 5.99. The fraction of sp³-hybridized carbons (Fsp3) is 0.263. The first-order valence-electron chi connectivity index (χ1n) is 8.59. The van der Waals surface area contributed by atoms with E-state index >= 15 is 0 Å². The molecule has 1 atom stereocenters. The molecule has 0 fully saturated rings. The number of anilines is 1. The third kappa shape index (κ3) is 2.71. The first-order valence-corrected chi connectivity index (χ1v) is 8.59. The van der Waals surface area contributed by atoms with Gasteiger partial charge in [0, 0.05) is 5.56 Å². The van der Waals surface area contributed by atoms with Crippen molar-refractivity contribution in [3.05, 3.63) is 48.0 Å². The van der Waals surface area contributed by atoms with Gasteiger partial charge in [-0.2, -0.15) is 0 Å². The summed E-state index contributed by atoms with van der Waals surface area (Å²) in [7, 11) is 1.63. The van der Waals surface area contributed by atoms with E-state index in [2.05, 4.69) is 22.2 Å². The van der Waals surface area contributed by atoms with Gasteiger partial charge in [-0.05, 0) is 30.7 Å². The van der Waals surface area contributed by atoms with E-state index in [4.69, 9.17) is 15.2 Å². The van der Waals surface area contributed by atoms with Gasteiger partial charge < -0.3 is 15.2 Å². The molecule has 7 nitrogen and oxygen atoms in total. The molecule has 0 radical (unpaired) electrons. The molecule has 0 saturated heterocycles. The Hall–Kier alpha value is -3.22. The summed E-state index contributed by atoms with van der Waals surface area (Å²) in [6.07, 6.45) is 0.609. The van der Waals surface area contributed by atoms with Gasteiger partial charge in [-0.3, -0.25) is 9.88 Å². The van der Waals surface area contributed by atoms with Crippen molar-refractivity contribution in [3.63, 3.8) is 0 Å². The summed E-state index contributed by atoms with van der Waals surface area (Å²) in [4.78, 5) is 9.21. The number of hydrogen-bond acceptors (Lipinski definition) is 6. The Bertz CT molecular complexity index is 979. The number of guanidine groups is 1. The molecule has 4 rings (SSSR count). The zero-order chi connectivity index (χ0) is 18.1. The highest BCUT2D eigenvalue weighted by atomic mass is 16.5. The van der Waals surface area contributed by atoms with Gasteiger partial charge in [-0.15, -0.1) is 0 Å². The molecule has 26 heavy (non-hydrogen) atoms. The van der Waals surface area contributed by atoms with Crippen LogP contribution in [0.1, 0.15) is 25.1 Å². The van der Waals surface area contributed by atoms with Crippen molar-refractivity contribution in [1.29, 1.82) is 0 Å². The van der Waals surface area contributed by atoms with Crippen LogP contribution in [0.15, 0.2) is 47.5 Å². The number of nitrogens with one attached hydrogen (secondary N) is 1. The first-order chi connectivity index (χ1) is 12.7. The Morgan fingerprint density at radius 2 is 2.04 bits per heavy atom. The largest absolute Gasteiger partial charge is 0.493 e. The van der Waals surface area contributed by atoms with Gasteiger partial charge in [-0.25, -0.2) is 9.98 Å². The van der Waals surface area contributed by atoms with Crippen molar-refractivity contribution >= 4 is 22.9 Å². The normalized spacial score (nSPS) is 15.9.